The first-order chi connectivity index (χ1) is 8.18. The van der Waals surface area contributed by atoms with E-state index in [2.05, 4.69) is 4.98 Å². The molecule has 0 bridgehead atoms. The number of aromatic amines is 1. The predicted molar refractivity (Wildman–Crippen MR) is 62.6 cm³/mol. The number of aryl methyl sites for hydroxylation is 1. The molecule has 2 aliphatic carbocycles. The number of aromatic carboxylic acids is 1. The number of H-pyrrole nitrogens is 1. The highest BCUT2D eigenvalue weighted by Gasteiger charge is 2.32. The van der Waals surface area contributed by atoms with E-state index in [0.717, 1.165) is 55.3 Å². The number of carboxylic acid groups (broad SMARTS) is 1. The second-order valence-electron chi connectivity index (χ2n) is 4.99. The summed E-state index contributed by atoms with van der Waals surface area (Å²) in [7, 11) is 0. The summed E-state index contributed by atoms with van der Waals surface area (Å²) in [5.41, 5.74) is 2.52. The number of hydrogen-bond acceptors (Lipinski definition) is 2. The Labute approximate surface area is 98.7 Å². The highest BCUT2D eigenvalue weighted by molar-refractivity contribution is 5.89. The van der Waals surface area contributed by atoms with Crippen molar-refractivity contribution in [2.45, 2.75) is 44.4 Å². The number of fused-ring (bicyclic) bond motifs is 1. The molecule has 0 aliphatic heterocycles. The number of pyridine rings is 1. The minimum absolute atomic E-state index is 0.00431. The van der Waals surface area contributed by atoms with Gasteiger partial charge in [-0.3, -0.25) is 4.79 Å². The number of rotatable bonds is 2. The molecule has 1 fully saturated rings. The Bertz CT molecular complexity index is 540. The lowest BCUT2D eigenvalue weighted by Crippen LogP contribution is -2.26. The second kappa shape index (κ2) is 3.72. The Hall–Kier alpha value is -1.58. The van der Waals surface area contributed by atoms with Gasteiger partial charge in [0.25, 0.3) is 5.56 Å². The first kappa shape index (κ1) is 10.6. The lowest BCUT2D eigenvalue weighted by atomic mass is 9.76. The monoisotopic (exact) mass is 233 g/mol. The summed E-state index contributed by atoms with van der Waals surface area (Å²) in [6.07, 6.45) is 6.01. The molecule has 2 N–H and O–H groups in total. The van der Waals surface area contributed by atoms with Gasteiger partial charge in [-0.15, -0.1) is 0 Å². The van der Waals surface area contributed by atoms with E-state index in [-0.39, 0.29) is 5.56 Å². The SMILES string of the molecule is O=C(O)c1c(C2CCC2)c2c([nH]c1=O)CCC2. The van der Waals surface area contributed by atoms with Crippen LogP contribution in [0.25, 0.3) is 0 Å². The van der Waals surface area contributed by atoms with Gasteiger partial charge in [-0.2, -0.15) is 0 Å². The maximum atomic E-state index is 11.8. The van der Waals surface area contributed by atoms with Crippen molar-refractivity contribution < 1.29 is 9.90 Å². The van der Waals surface area contributed by atoms with Gasteiger partial charge in [-0.1, -0.05) is 6.42 Å². The fraction of sp³-hybridized carbons (Fsp3) is 0.538. The lowest BCUT2D eigenvalue weighted by molar-refractivity contribution is 0.0692. The molecule has 1 aromatic rings. The Morgan fingerprint density at radius 3 is 2.59 bits per heavy atom. The first-order valence-electron chi connectivity index (χ1n) is 6.19. The highest BCUT2D eigenvalue weighted by Crippen LogP contribution is 2.41. The number of carboxylic acids is 1. The summed E-state index contributed by atoms with van der Waals surface area (Å²) >= 11 is 0. The zero-order valence-electron chi connectivity index (χ0n) is 9.58. The maximum absolute atomic E-state index is 11.8. The van der Waals surface area contributed by atoms with Crippen molar-refractivity contribution in [2.75, 3.05) is 0 Å². The van der Waals surface area contributed by atoms with Crippen LogP contribution in [0.2, 0.25) is 0 Å². The normalized spacial score (nSPS) is 18.8. The molecule has 4 heteroatoms. The van der Waals surface area contributed by atoms with Crippen LogP contribution in [-0.4, -0.2) is 16.1 Å². The summed E-state index contributed by atoms with van der Waals surface area (Å²) in [6.45, 7) is 0. The van der Waals surface area contributed by atoms with E-state index in [4.69, 9.17) is 0 Å². The molecular formula is C13H15NO3. The third kappa shape index (κ3) is 1.51. The third-order valence-electron chi connectivity index (χ3n) is 4.03. The van der Waals surface area contributed by atoms with Crippen molar-refractivity contribution >= 4 is 5.97 Å². The molecule has 2 aliphatic rings. The number of carbonyl (C=O) groups is 1. The molecule has 3 rings (SSSR count). The molecule has 90 valence electrons. The van der Waals surface area contributed by atoms with Crippen LogP contribution in [0.1, 0.15) is 58.8 Å². The molecular weight excluding hydrogens is 218 g/mol. The predicted octanol–water partition coefficient (Wildman–Crippen LogP) is 1.83. The molecule has 0 radical (unpaired) electrons. The van der Waals surface area contributed by atoms with Gasteiger partial charge in [0.1, 0.15) is 5.56 Å². The van der Waals surface area contributed by atoms with Crippen molar-refractivity contribution in [1.82, 2.24) is 4.98 Å². The molecule has 17 heavy (non-hydrogen) atoms. The van der Waals surface area contributed by atoms with E-state index >= 15 is 0 Å². The zero-order valence-corrected chi connectivity index (χ0v) is 9.58. The Balaban J connectivity index is 2.26. The van der Waals surface area contributed by atoms with Gasteiger partial charge in [0.2, 0.25) is 0 Å². The highest BCUT2D eigenvalue weighted by atomic mass is 16.4. The number of nitrogens with one attached hydrogen (secondary N) is 1. The molecule has 0 spiro atoms. The third-order valence-corrected chi connectivity index (χ3v) is 4.03. The Morgan fingerprint density at radius 1 is 1.24 bits per heavy atom. The van der Waals surface area contributed by atoms with E-state index < -0.39 is 11.5 Å². The molecule has 1 aromatic heterocycles. The second-order valence-corrected chi connectivity index (χ2v) is 4.99. The van der Waals surface area contributed by atoms with Gasteiger partial charge < -0.3 is 10.1 Å². The topological polar surface area (TPSA) is 70.2 Å². The molecule has 1 saturated carbocycles. The van der Waals surface area contributed by atoms with Crippen LogP contribution in [0.3, 0.4) is 0 Å². The van der Waals surface area contributed by atoms with Crippen molar-refractivity contribution in [1.29, 1.82) is 0 Å². The Morgan fingerprint density at radius 2 is 2.00 bits per heavy atom. The number of aromatic nitrogens is 1. The van der Waals surface area contributed by atoms with E-state index in [1.54, 1.807) is 0 Å². The van der Waals surface area contributed by atoms with Gasteiger partial charge in [-0.05, 0) is 49.1 Å². The lowest BCUT2D eigenvalue weighted by Gasteiger charge is -2.28. The molecule has 0 aromatic carbocycles. The largest absolute Gasteiger partial charge is 0.477 e. The first-order valence-corrected chi connectivity index (χ1v) is 6.19. The Kier molecular flexibility index (Phi) is 2.31. The van der Waals surface area contributed by atoms with E-state index in [1.165, 1.54) is 0 Å². The van der Waals surface area contributed by atoms with Crippen LogP contribution >= 0.6 is 0 Å². The summed E-state index contributed by atoms with van der Waals surface area (Å²) < 4.78 is 0. The van der Waals surface area contributed by atoms with Crippen LogP contribution in [0.5, 0.6) is 0 Å². The fourth-order valence-electron chi connectivity index (χ4n) is 3.01. The van der Waals surface area contributed by atoms with Gasteiger partial charge in [0.15, 0.2) is 0 Å². The van der Waals surface area contributed by atoms with Crippen molar-refractivity contribution in [3.05, 3.63) is 32.7 Å². The van der Waals surface area contributed by atoms with E-state index in [1.807, 2.05) is 0 Å². The standard InChI is InChI=1S/C13H15NO3/c15-12-11(13(16)17)10(7-3-1-4-7)8-5-2-6-9(8)14-12/h7H,1-6H2,(H,14,15)(H,16,17). The van der Waals surface area contributed by atoms with Gasteiger partial charge in [-0.25, -0.2) is 4.79 Å². The maximum Gasteiger partial charge on any atom is 0.341 e. The van der Waals surface area contributed by atoms with E-state index in [9.17, 15) is 14.7 Å². The quantitative estimate of drug-likeness (QED) is 0.818. The molecule has 0 amide bonds. The van der Waals surface area contributed by atoms with Crippen molar-refractivity contribution in [2.24, 2.45) is 0 Å². The van der Waals surface area contributed by atoms with E-state index in [0.29, 0.717) is 5.92 Å². The van der Waals surface area contributed by atoms with Crippen LogP contribution in [-0.2, 0) is 12.8 Å². The molecule has 0 atom stereocenters. The number of hydrogen-bond donors (Lipinski definition) is 2. The molecule has 1 heterocycles. The molecule has 4 nitrogen and oxygen atoms in total. The molecule has 0 unspecified atom stereocenters. The minimum atomic E-state index is -1.08. The minimum Gasteiger partial charge on any atom is -0.477 e. The van der Waals surface area contributed by atoms with Crippen molar-refractivity contribution in [3.8, 4) is 0 Å². The zero-order chi connectivity index (χ0) is 12.0. The molecule has 0 saturated heterocycles. The van der Waals surface area contributed by atoms with Crippen molar-refractivity contribution in [3.63, 3.8) is 0 Å². The van der Waals surface area contributed by atoms with Crippen LogP contribution in [0.4, 0.5) is 0 Å². The summed E-state index contributed by atoms with van der Waals surface area (Å²) in [5, 5.41) is 9.23. The smallest absolute Gasteiger partial charge is 0.341 e. The van der Waals surface area contributed by atoms with Gasteiger partial charge >= 0.3 is 5.97 Å². The summed E-state index contributed by atoms with van der Waals surface area (Å²) in [4.78, 5) is 25.9. The average Bonchev–Trinajstić information content (AvgIpc) is 2.61. The van der Waals surface area contributed by atoms with Gasteiger partial charge in [0.05, 0.1) is 0 Å². The average molecular weight is 233 g/mol. The van der Waals surface area contributed by atoms with Gasteiger partial charge in [0, 0.05) is 5.69 Å². The summed E-state index contributed by atoms with van der Waals surface area (Å²) in [6, 6.07) is 0. The summed E-state index contributed by atoms with van der Waals surface area (Å²) in [5.74, 6) is -0.780. The van der Waals surface area contributed by atoms with Crippen LogP contribution in [0.15, 0.2) is 4.79 Å². The van der Waals surface area contributed by atoms with Crippen LogP contribution in [0, 0.1) is 0 Å². The fourth-order valence-corrected chi connectivity index (χ4v) is 3.01. The van der Waals surface area contributed by atoms with Crippen LogP contribution < -0.4 is 5.56 Å².